The van der Waals surface area contributed by atoms with Crippen LogP contribution >= 0.6 is 11.8 Å². The van der Waals surface area contributed by atoms with E-state index >= 15 is 0 Å². The van der Waals surface area contributed by atoms with Gasteiger partial charge in [0, 0.05) is 13.0 Å². The Labute approximate surface area is 216 Å². The Morgan fingerprint density at radius 3 is 2.42 bits per heavy atom. The van der Waals surface area contributed by atoms with Crippen molar-refractivity contribution >= 4 is 35.5 Å². The van der Waals surface area contributed by atoms with E-state index in [9.17, 15) is 29.4 Å². The topological polar surface area (TPSA) is 162 Å². The lowest BCUT2D eigenvalue weighted by Gasteiger charge is -2.30. The van der Waals surface area contributed by atoms with E-state index in [0.29, 0.717) is 30.7 Å². The lowest BCUT2D eigenvalue weighted by molar-refractivity contribution is -0.143. The molecule has 0 radical (unpaired) electrons. The van der Waals surface area contributed by atoms with E-state index in [-0.39, 0.29) is 30.4 Å². The Morgan fingerprint density at radius 1 is 1.17 bits per heavy atom. The number of hydrogen-bond donors (Lipinski definition) is 5. The first kappa shape index (κ1) is 29.4. The minimum absolute atomic E-state index is 0.0379. The van der Waals surface area contributed by atoms with Crippen molar-refractivity contribution in [1.29, 1.82) is 0 Å². The molecule has 1 fully saturated rings. The molecule has 10 nitrogen and oxygen atoms in total. The summed E-state index contributed by atoms with van der Waals surface area (Å²) in [6.07, 6.45) is 3.98. The predicted octanol–water partition coefficient (Wildman–Crippen LogP) is 1.11. The van der Waals surface area contributed by atoms with Crippen LogP contribution in [0.4, 0.5) is 0 Å². The first-order valence-corrected chi connectivity index (χ1v) is 13.6. The van der Waals surface area contributed by atoms with E-state index in [0.717, 1.165) is 6.42 Å². The van der Waals surface area contributed by atoms with Gasteiger partial charge < -0.3 is 31.5 Å². The third kappa shape index (κ3) is 8.12. The fraction of sp³-hybridized carbons (Fsp3) is 0.600. The third-order valence-corrected chi connectivity index (χ3v) is 7.26. The fourth-order valence-corrected chi connectivity index (χ4v) is 4.57. The zero-order chi connectivity index (χ0) is 26.8. The van der Waals surface area contributed by atoms with Gasteiger partial charge in [0.15, 0.2) is 0 Å². The molecule has 1 saturated heterocycles. The highest BCUT2D eigenvalue weighted by Crippen LogP contribution is 2.21. The number of likely N-dealkylation sites (tertiary alicyclic amines) is 1. The van der Waals surface area contributed by atoms with Gasteiger partial charge >= 0.3 is 5.97 Å². The number of carbonyl (C=O) groups is 4. The van der Waals surface area contributed by atoms with Crippen molar-refractivity contribution in [1.82, 2.24) is 15.5 Å². The second kappa shape index (κ2) is 14.1. The van der Waals surface area contributed by atoms with E-state index in [2.05, 4.69) is 10.6 Å². The van der Waals surface area contributed by atoms with Gasteiger partial charge in [-0.15, -0.1) is 0 Å². The number of hydrogen-bond acceptors (Lipinski definition) is 7. The zero-order valence-corrected chi connectivity index (χ0v) is 21.9. The average molecular weight is 523 g/mol. The van der Waals surface area contributed by atoms with Crippen LogP contribution in [0.2, 0.25) is 0 Å². The number of phenols is 1. The highest BCUT2D eigenvalue weighted by molar-refractivity contribution is 7.98. The zero-order valence-electron chi connectivity index (χ0n) is 21.1. The molecular formula is C25H38N4O6S. The smallest absolute Gasteiger partial charge is 0.326 e. The molecule has 2 rings (SSSR count). The van der Waals surface area contributed by atoms with Gasteiger partial charge in [-0.2, -0.15) is 11.8 Å². The van der Waals surface area contributed by atoms with Crippen LogP contribution in [0, 0.1) is 5.92 Å². The number of nitrogens with one attached hydrogen (secondary N) is 2. The molecule has 0 bridgehead atoms. The quantitative estimate of drug-likeness (QED) is 0.257. The second-order valence-electron chi connectivity index (χ2n) is 9.21. The Bertz CT molecular complexity index is 912. The van der Waals surface area contributed by atoms with E-state index in [1.807, 2.05) is 20.1 Å². The summed E-state index contributed by atoms with van der Waals surface area (Å²) in [5.41, 5.74) is 6.80. The van der Waals surface area contributed by atoms with Crippen LogP contribution in [-0.2, 0) is 25.6 Å². The Kier molecular flexibility index (Phi) is 11.5. The maximum Gasteiger partial charge on any atom is 0.326 e. The summed E-state index contributed by atoms with van der Waals surface area (Å²) < 4.78 is 0. The summed E-state index contributed by atoms with van der Waals surface area (Å²) in [4.78, 5) is 52.6. The van der Waals surface area contributed by atoms with Crippen LogP contribution in [-0.4, -0.2) is 81.5 Å². The molecule has 1 heterocycles. The number of nitrogens with two attached hydrogens (primary N) is 1. The number of benzene rings is 1. The molecule has 0 spiro atoms. The number of phenolic OH excluding ortho intramolecular Hbond substituents is 1. The molecule has 36 heavy (non-hydrogen) atoms. The number of rotatable bonds is 13. The molecule has 5 unspecified atom stereocenters. The molecule has 6 N–H and O–H groups in total. The SMILES string of the molecule is CCC(C)C(N)C(=O)N1CCCC1C(=O)NC(Cc1ccc(O)cc1)C(=O)NC(CCSC)C(=O)O. The lowest BCUT2D eigenvalue weighted by atomic mass is 9.98. The molecule has 5 atom stereocenters. The van der Waals surface area contributed by atoms with Gasteiger partial charge in [-0.25, -0.2) is 4.79 Å². The summed E-state index contributed by atoms with van der Waals surface area (Å²) >= 11 is 1.47. The first-order chi connectivity index (χ1) is 17.1. The van der Waals surface area contributed by atoms with Crippen molar-refractivity contribution in [3.05, 3.63) is 29.8 Å². The number of thioether (sulfide) groups is 1. The first-order valence-electron chi connectivity index (χ1n) is 12.2. The number of carboxylic acids is 1. The summed E-state index contributed by atoms with van der Waals surface area (Å²) in [7, 11) is 0. The van der Waals surface area contributed by atoms with Crippen molar-refractivity contribution in [2.75, 3.05) is 18.6 Å². The number of carboxylic acid groups (broad SMARTS) is 1. The van der Waals surface area contributed by atoms with Crippen molar-refractivity contribution in [3.8, 4) is 5.75 Å². The maximum atomic E-state index is 13.3. The average Bonchev–Trinajstić information content (AvgIpc) is 3.35. The van der Waals surface area contributed by atoms with Crippen LogP contribution in [0.1, 0.15) is 45.1 Å². The van der Waals surface area contributed by atoms with E-state index < -0.39 is 42.0 Å². The van der Waals surface area contributed by atoms with Crippen LogP contribution in [0.5, 0.6) is 5.75 Å². The monoisotopic (exact) mass is 522 g/mol. The van der Waals surface area contributed by atoms with Gasteiger partial charge in [-0.3, -0.25) is 14.4 Å². The number of carbonyl (C=O) groups excluding carboxylic acids is 3. The van der Waals surface area contributed by atoms with Crippen molar-refractivity contribution in [2.24, 2.45) is 11.7 Å². The predicted molar refractivity (Wildman–Crippen MR) is 138 cm³/mol. The van der Waals surface area contributed by atoms with Crippen LogP contribution < -0.4 is 16.4 Å². The molecule has 0 aliphatic carbocycles. The molecule has 0 aromatic heterocycles. The highest BCUT2D eigenvalue weighted by atomic mass is 32.2. The van der Waals surface area contributed by atoms with Crippen molar-refractivity contribution in [3.63, 3.8) is 0 Å². The molecule has 1 aliphatic heterocycles. The largest absolute Gasteiger partial charge is 0.508 e. The Morgan fingerprint density at radius 2 is 1.83 bits per heavy atom. The number of aliphatic carboxylic acids is 1. The molecule has 200 valence electrons. The summed E-state index contributed by atoms with van der Waals surface area (Å²) in [5.74, 6) is -1.98. The Hall–Kier alpha value is -2.79. The van der Waals surface area contributed by atoms with Crippen molar-refractivity contribution < 1.29 is 29.4 Å². The van der Waals surface area contributed by atoms with Crippen LogP contribution in [0.15, 0.2) is 24.3 Å². The third-order valence-electron chi connectivity index (χ3n) is 6.62. The van der Waals surface area contributed by atoms with Gasteiger partial charge in [-0.05, 0) is 54.9 Å². The van der Waals surface area contributed by atoms with Gasteiger partial charge in [0.1, 0.15) is 23.9 Å². The lowest BCUT2D eigenvalue weighted by Crippen LogP contribution is -2.57. The minimum atomic E-state index is -1.15. The standard InChI is InChI=1S/C25H38N4O6S/c1-4-15(2)21(26)24(33)29-12-5-6-20(29)23(32)28-19(14-16-7-9-17(30)10-8-16)22(31)27-18(25(34)35)11-13-36-3/h7-10,15,18-21,30H,4-6,11-14,26H2,1-3H3,(H,27,31)(H,28,32)(H,34,35). The maximum absolute atomic E-state index is 13.3. The van der Waals surface area contributed by atoms with E-state index in [1.54, 1.807) is 12.1 Å². The number of nitrogens with zero attached hydrogens (tertiary/aromatic N) is 1. The van der Waals surface area contributed by atoms with Crippen LogP contribution in [0.3, 0.4) is 0 Å². The minimum Gasteiger partial charge on any atom is -0.508 e. The summed E-state index contributed by atoms with van der Waals surface area (Å²) in [6, 6.07) is 2.56. The van der Waals surface area contributed by atoms with E-state index in [4.69, 9.17) is 5.73 Å². The Balaban J connectivity index is 2.21. The molecule has 11 heteroatoms. The van der Waals surface area contributed by atoms with Gasteiger partial charge in [-0.1, -0.05) is 32.4 Å². The molecule has 1 aliphatic rings. The highest BCUT2D eigenvalue weighted by Gasteiger charge is 2.38. The molecule has 1 aromatic carbocycles. The molecular weight excluding hydrogens is 484 g/mol. The second-order valence-corrected chi connectivity index (χ2v) is 10.2. The number of aromatic hydroxyl groups is 1. The summed E-state index contributed by atoms with van der Waals surface area (Å²) in [6.45, 7) is 4.25. The summed E-state index contributed by atoms with van der Waals surface area (Å²) in [5, 5.41) is 24.4. The normalized spacial score (nSPS) is 18.7. The van der Waals surface area contributed by atoms with E-state index in [1.165, 1.54) is 28.8 Å². The van der Waals surface area contributed by atoms with Gasteiger partial charge in [0.25, 0.3) is 0 Å². The number of amides is 3. The molecule has 0 saturated carbocycles. The van der Waals surface area contributed by atoms with Crippen LogP contribution in [0.25, 0.3) is 0 Å². The van der Waals surface area contributed by atoms with Gasteiger partial charge in [0.2, 0.25) is 17.7 Å². The van der Waals surface area contributed by atoms with Gasteiger partial charge in [0.05, 0.1) is 6.04 Å². The molecule has 1 aromatic rings. The fourth-order valence-electron chi connectivity index (χ4n) is 4.10. The molecule has 3 amide bonds. The van der Waals surface area contributed by atoms with Crippen molar-refractivity contribution in [2.45, 2.75) is 70.1 Å².